The van der Waals surface area contributed by atoms with Crippen LogP contribution in [0.5, 0.6) is 0 Å². The maximum atomic E-state index is 12.5. The lowest BCUT2D eigenvalue weighted by Crippen LogP contribution is -2.12. The molecule has 0 fully saturated rings. The van der Waals surface area contributed by atoms with Gasteiger partial charge >= 0.3 is 5.63 Å². The summed E-state index contributed by atoms with van der Waals surface area (Å²) in [6, 6.07) is 15.8. The van der Waals surface area contributed by atoms with Crippen molar-refractivity contribution in [3.8, 4) is 0 Å². The van der Waals surface area contributed by atoms with Crippen molar-refractivity contribution in [1.82, 2.24) is 4.98 Å². The van der Waals surface area contributed by atoms with Crippen LogP contribution in [0.3, 0.4) is 0 Å². The van der Waals surface area contributed by atoms with E-state index in [2.05, 4.69) is 10.3 Å². The number of benzene rings is 2. The fraction of sp³-hybridized carbons (Fsp3) is 0.0500. The lowest BCUT2D eigenvalue weighted by molar-refractivity contribution is 0.102. The SMILES string of the molecule is Cc1cc(=O)oc2cc(C(=O)Nc3ccc4ncccc4c3)ccc12. The molecule has 1 amide bonds. The zero-order valence-electron chi connectivity index (χ0n) is 13.4. The quantitative estimate of drug-likeness (QED) is 0.566. The van der Waals surface area contributed by atoms with Gasteiger partial charge in [-0.3, -0.25) is 9.78 Å². The van der Waals surface area contributed by atoms with Gasteiger partial charge in [-0.15, -0.1) is 0 Å². The van der Waals surface area contributed by atoms with Crippen molar-refractivity contribution < 1.29 is 9.21 Å². The van der Waals surface area contributed by atoms with Gasteiger partial charge in [0, 0.05) is 34.3 Å². The van der Waals surface area contributed by atoms with Crippen LogP contribution < -0.4 is 10.9 Å². The van der Waals surface area contributed by atoms with Crippen LogP contribution in [-0.2, 0) is 0 Å². The standard InChI is InChI=1S/C20H14N2O3/c1-12-9-19(23)25-18-11-14(4-6-16(12)18)20(24)22-15-5-7-17-13(10-15)3-2-8-21-17/h2-11H,1H3,(H,22,24). The van der Waals surface area contributed by atoms with Crippen LogP contribution in [0.2, 0.25) is 0 Å². The summed E-state index contributed by atoms with van der Waals surface area (Å²) in [4.78, 5) is 28.3. The van der Waals surface area contributed by atoms with E-state index in [0.717, 1.165) is 21.9 Å². The highest BCUT2D eigenvalue weighted by Crippen LogP contribution is 2.20. The number of rotatable bonds is 2. The molecule has 0 saturated carbocycles. The number of fused-ring (bicyclic) bond motifs is 2. The van der Waals surface area contributed by atoms with E-state index in [1.165, 1.54) is 6.07 Å². The Hall–Kier alpha value is -3.47. The number of aromatic nitrogens is 1. The van der Waals surface area contributed by atoms with Gasteiger partial charge in [-0.25, -0.2) is 4.79 Å². The minimum absolute atomic E-state index is 0.269. The largest absolute Gasteiger partial charge is 0.423 e. The lowest BCUT2D eigenvalue weighted by atomic mass is 10.1. The molecule has 2 aromatic heterocycles. The molecular formula is C20H14N2O3. The molecule has 0 aliphatic heterocycles. The Morgan fingerprint density at radius 3 is 2.84 bits per heavy atom. The van der Waals surface area contributed by atoms with E-state index in [-0.39, 0.29) is 5.91 Å². The minimum atomic E-state index is -0.426. The topological polar surface area (TPSA) is 72.2 Å². The molecule has 0 saturated heterocycles. The minimum Gasteiger partial charge on any atom is -0.423 e. The van der Waals surface area contributed by atoms with Crippen LogP contribution in [0.4, 0.5) is 5.69 Å². The molecular weight excluding hydrogens is 316 g/mol. The van der Waals surface area contributed by atoms with Crippen molar-refractivity contribution in [1.29, 1.82) is 0 Å². The molecule has 5 heteroatoms. The molecule has 0 radical (unpaired) electrons. The zero-order chi connectivity index (χ0) is 17.4. The first kappa shape index (κ1) is 15.1. The van der Waals surface area contributed by atoms with Gasteiger partial charge in [0.1, 0.15) is 5.58 Å². The molecule has 4 rings (SSSR count). The summed E-state index contributed by atoms with van der Waals surface area (Å²) >= 11 is 0. The third-order valence-electron chi connectivity index (χ3n) is 4.07. The average Bonchev–Trinajstić information content (AvgIpc) is 2.61. The number of aryl methyl sites for hydroxylation is 1. The second kappa shape index (κ2) is 5.87. The Morgan fingerprint density at radius 2 is 1.96 bits per heavy atom. The van der Waals surface area contributed by atoms with Crippen LogP contribution >= 0.6 is 0 Å². The van der Waals surface area contributed by atoms with Gasteiger partial charge in [0.25, 0.3) is 5.91 Å². The maximum Gasteiger partial charge on any atom is 0.336 e. The van der Waals surface area contributed by atoms with Gasteiger partial charge in [0.05, 0.1) is 5.52 Å². The van der Waals surface area contributed by atoms with Crippen LogP contribution in [0.25, 0.3) is 21.9 Å². The normalized spacial score (nSPS) is 10.9. The van der Waals surface area contributed by atoms with Gasteiger partial charge in [0.2, 0.25) is 0 Å². The monoisotopic (exact) mass is 330 g/mol. The molecule has 122 valence electrons. The number of anilines is 1. The van der Waals surface area contributed by atoms with Crippen LogP contribution in [0.15, 0.2) is 70.0 Å². The van der Waals surface area contributed by atoms with Gasteiger partial charge < -0.3 is 9.73 Å². The molecule has 0 aliphatic rings. The number of carbonyl (C=O) groups excluding carboxylic acids is 1. The van der Waals surface area contributed by atoms with Gasteiger partial charge in [-0.05, 0) is 48.9 Å². The third kappa shape index (κ3) is 2.87. The number of amides is 1. The highest BCUT2D eigenvalue weighted by Gasteiger charge is 2.10. The number of carbonyl (C=O) groups is 1. The molecule has 25 heavy (non-hydrogen) atoms. The number of hydrogen-bond donors (Lipinski definition) is 1. The van der Waals surface area contributed by atoms with Gasteiger partial charge in [0.15, 0.2) is 0 Å². The summed E-state index contributed by atoms with van der Waals surface area (Å²) in [7, 11) is 0. The smallest absolute Gasteiger partial charge is 0.336 e. The summed E-state index contributed by atoms with van der Waals surface area (Å²) in [5.41, 5.74) is 2.76. The lowest BCUT2D eigenvalue weighted by Gasteiger charge is -2.07. The highest BCUT2D eigenvalue weighted by atomic mass is 16.4. The van der Waals surface area contributed by atoms with Gasteiger partial charge in [-0.2, -0.15) is 0 Å². The molecule has 0 spiro atoms. The molecule has 4 aromatic rings. The van der Waals surface area contributed by atoms with Crippen molar-refractivity contribution in [2.24, 2.45) is 0 Å². The molecule has 2 heterocycles. The second-order valence-electron chi connectivity index (χ2n) is 5.82. The van der Waals surface area contributed by atoms with Crippen molar-refractivity contribution in [2.45, 2.75) is 6.92 Å². The molecule has 0 bridgehead atoms. The van der Waals surface area contributed by atoms with E-state index in [1.54, 1.807) is 30.5 Å². The molecule has 1 N–H and O–H groups in total. The Kier molecular flexibility index (Phi) is 3.54. The van der Waals surface area contributed by atoms with Crippen LogP contribution in [0, 0.1) is 6.92 Å². The third-order valence-corrected chi connectivity index (χ3v) is 4.07. The number of hydrogen-bond acceptors (Lipinski definition) is 4. The molecule has 2 aromatic carbocycles. The molecule has 5 nitrogen and oxygen atoms in total. The Bertz CT molecular complexity index is 1180. The van der Waals surface area contributed by atoms with E-state index in [9.17, 15) is 9.59 Å². The number of nitrogens with one attached hydrogen (secondary N) is 1. The van der Waals surface area contributed by atoms with Crippen molar-refractivity contribution in [3.05, 3.63) is 82.3 Å². The number of nitrogens with zero attached hydrogens (tertiary/aromatic N) is 1. The Balaban J connectivity index is 1.67. The molecule has 0 unspecified atom stereocenters. The molecule has 0 atom stereocenters. The van der Waals surface area contributed by atoms with Crippen LogP contribution in [0.1, 0.15) is 15.9 Å². The molecule has 0 aliphatic carbocycles. The van der Waals surface area contributed by atoms with Crippen LogP contribution in [-0.4, -0.2) is 10.9 Å². The zero-order valence-corrected chi connectivity index (χ0v) is 13.4. The summed E-state index contributed by atoms with van der Waals surface area (Å²) < 4.78 is 5.20. The summed E-state index contributed by atoms with van der Waals surface area (Å²) in [5, 5.41) is 4.62. The van der Waals surface area contributed by atoms with Gasteiger partial charge in [-0.1, -0.05) is 12.1 Å². The first-order valence-electron chi connectivity index (χ1n) is 7.81. The second-order valence-corrected chi connectivity index (χ2v) is 5.82. The van der Waals surface area contributed by atoms with Crippen molar-refractivity contribution in [3.63, 3.8) is 0 Å². The number of pyridine rings is 1. The predicted molar refractivity (Wildman–Crippen MR) is 96.9 cm³/mol. The Labute approximate surface area is 142 Å². The fourth-order valence-corrected chi connectivity index (χ4v) is 2.82. The fourth-order valence-electron chi connectivity index (χ4n) is 2.82. The summed E-state index contributed by atoms with van der Waals surface area (Å²) in [6.45, 7) is 1.84. The average molecular weight is 330 g/mol. The van der Waals surface area contributed by atoms with E-state index >= 15 is 0 Å². The van der Waals surface area contributed by atoms with Crippen molar-refractivity contribution >= 4 is 33.5 Å². The Morgan fingerprint density at radius 1 is 1.08 bits per heavy atom. The predicted octanol–water partition coefficient (Wildman–Crippen LogP) is 3.90. The van der Waals surface area contributed by atoms with E-state index < -0.39 is 5.63 Å². The highest BCUT2D eigenvalue weighted by molar-refractivity contribution is 6.06. The first-order valence-corrected chi connectivity index (χ1v) is 7.81. The summed E-state index contributed by atoms with van der Waals surface area (Å²) in [6.07, 6.45) is 1.73. The first-order chi connectivity index (χ1) is 12.1. The summed E-state index contributed by atoms with van der Waals surface area (Å²) in [5.74, 6) is -0.269. The van der Waals surface area contributed by atoms with E-state index in [0.29, 0.717) is 16.8 Å². The van der Waals surface area contributed by atoms with E-state index in [1.807, 2.05) is 31.2 Å². The maximum absolute atomic E-state index is 12.5. The van der Waals surface area contributed by atoms with E-state index in [4.69, 9.17) is 4.42 Å². The van der Waals surface area contributed by atoms with Crippen molar-refractivity contribution in [2.75, 3.05) is 5.32 Å².